The summed E-state index contributed by atoms with van der Waals surface area (Å²) in [5.41, 5.74) is 3.38. The fourth-order valence-corrected chi connectivity index (χ4v) is 3.25. The Balaban J connectivity index is 2.05. The van der Waals surface area contributed by atoms with Crippen LogP contribution in [-0.4, -0.2) is 29.8 Å². The molecule has 1 amide bonds. The second-order valence-corrected chi connectivity index (χ2v) is 6.21. The summed E-state index contributed by atoms with van der Waals surface area (Å²) >= 11 is 0. The van der Waals surface area contributed by atoms with E-state index >= 15 is 0 Å². The van der Waals surface area contributed by atoms with E-state index in [2.05, 4.69) is 0 Å². The molecule has 126 valence electrons. The highest BCUT2D eigenvalue weighted by Crippen LogP contribution is 2.39. The largest absolute Gasteiger partial charge is 0.388 e. The topological polar surface area (TPSA) is 49.8 Å². The van der Waals surface area contributed by atoms with Crippen LogP contribution in [-0.2, 0) is 4.74 Å². The van der Waals surface area contributed by atoms with Gasteiger partial charge in [-0.05, 0) is 39.0 Å². The van der Waals surface area contributed by atoms with Gasteiger partial charge in [0.15, 0.2) is 0 Å². The number of anilines is 1. The molecule has 0 unspecified atom stereocenters. The molecule has 1 aliphatic heterocycles. The molecule has 0 spiro atoms. The summed E-state index contributed by atoms with van der Waals surface area (Å²) in [6.07, 6.45) is -1.18. The number of carbonyl (C=O) groups is 1. The number of para-hydroxylation sites is 1. The van der Waals surface area contributed by atoms with Gasteiger partial charge in [0.25, 0.3) is 5.91 Å². The zero-order valence-electron chi connectivity index (χ0n) is 14.3. The molecule has 4 nitrogen and oxygen atoms in total. The average molecular weight is 325 g/mol. The number of hydrogen-bond donors (Lipinski definition) is 1. The second kappa shape index (κ2) is 6.75. The lowest BCUT2D eigenvalue weighted by molar-refractivity contribution is -0.0476. The Morgan fingerprint density at radius 3 is 2.50 bits per heavy atom. The van der Waals surface area contributed by atoms with E-state index in [1.165, 1.54) is 0 Å². The Labute approximate surface area is 142 Å². The zero-order chi connectivity index (χ0) is 17.3. The van der Waals surface area contributed by atoms with Crippen molar-refractivity contribution in [1.82, 2.24) is 0 Å². The monoisotopic (exact) mass is 325 g/mol. The van der Waals surface area contributed by atoms with E-state index in [1.807, 2.05) is 69.3 Å². The number of amides is 1. The second-order valence-electron chi connectivity index (χ2n) is 6.21. The van der Waals surface area contributed by atoms with Crippen molar-refractivity contribution in [3.63, 3.8) is 0 Å². The SMILES string of the molecule is CCO[C@H]1c2ccccc2N(C(=O)c2ccc(C)cc2)[C@@H](C)[C@@H]1O. The van der Waals surface area contributed by atoms with E-state index in [9.17, 15) is 9.90 Å². The van der Waals surface area contributed by atoms with Crippen molar-refractivity contribution in [2.45, 2.75) is 39.0 Å². The maximum atomic E-state index is 13.1. The first-order valence-corrected chi connectivity index (χ1v) is 8.33. The van der Waals surface area contributed by atoms with Gasteiger partial charge < -0.3 is 14.7 Å². The number of fused-ring (bicyclic) bond motifs is 1. The molecule has 2 aromatic rings. The number of ether oxygens (including phenoxy) is 1. The van der Waals surface area contributed by atoms with Crippen LogP contribution in [0.3, 0.4) is 0 Å². The minimum Gasteiger partial charge on any atom is -0.388 e. The van der Waals surface area contributed by atoms with Crippen LogP contribution in [0.4, 0.5) is 5.69 Å². The third-order valence-electron chi connectivity index (χ3n) is 4.58. The lowest BCUT2D eigenvalue weighted by atomic mass is 9.90. The highest BCUT2D eigenvalue weighted by Gasteiger charge is 2.41. The number of rotatable bonds is 3. The van der Waals surface area contributed by atoms with E-state index < -0.39 is 12.2 Å². The molecule has 3 atom stereocenters. The lowest BCUT2D eigenvalue weighted by Gasteiger charge is -2.42. The maximum absolute atomic E-state index is 13.1. The van der Waals surface area contributed by atoms with Crippen LogP contribution in [0.25, 0.3) is 0 Å². The number of aliphatic hydroxyl groups excluding tert-OH is 1. The Morgan fingerprint density at radius 2 is 1.83 bits per heavy atom. The summed E-state index contributed by atoms with van der Waals surface area (Å²) in [6.45, 7) is 6.26. The van der Waals surface area contributed by atoms with Gasteiger partial charge in [-0.3, -0.25) is 4.79 Å². The van der Waals surface area contributed by atoms with E-state index in [1.54, 1.807) is 4.90 Å². The van der Waals surface area contributed by atoms with Crippen molar-refractivity contribution in [3.05, 3.63) is 65.2 Å². The summed E-state index contributed by atoms with van der Waals surface area (Å²) in [6, 6.07) is 14.8. The predicted octanol–water partition coefficient (Wildman–Crippen LogP) is 3.48. The van der Waals surface area contributed by atoms with Gasteiger partial charge in [0, 0.05) is 17.7 Å². The summed E-state index contributed by atoms with van der Waals surface area (Å²) in [7, 11) is 0. The van der Waals surface area contributed by atoms with Crippen molar-refractivity contribution in [2.75, 3.05) is 11.5 Å². The van der Waals surface area contributed by atoms with E-state index in [4.69, 9.17) is 4.74 Å². The Bertz CT molecular complexity index is 726. The standard InChI is InChI=1S/C20H23NO3/c1-4-24-19-16-7-5-6-8-17(16)21(14(3)18(19)22)20(23)15-11-9-13(2)10-12-15/h5-12,14,18-19,22H,4H2,1-3H3/t14-,18-,19-/m0/s1. The van der Waals surface area contributed by atoms with Gasteiger partial charge in [-0.15, -0.1) is 0 Å². The molecule has 3 rings (SSSR count). The Morgan fingerprint density at radius 1 is 1.17 bits per heavy atom. The molecular weight excluding hydrogens is 302 g/mol. The molecule has 4 heteroatoms. The minimum absolute atomic E-state index is 0.107. The summed E-state index contributed by atoms with van der Waals surface area (Å²) in [4.78, 5) is 14.7. The molecule has 1 N–H and O–H groups in total. The van der Waals surface area contributed by atoms with Gasteiger partial charge >= 0.3 is 0 Å². The van der Waals surface area contributed by atoms with Gasteiger partial charge in [0.05, 0.1) is 11.7 Å². The van der Waals surface area contributed by atoms with Gasteiger partial charge in [-0.25, -0.2) is 0 Å². The van der Waals surface area contributed by atoms with Crippen LogP contribution in [0.2, 0.25) is 0 Å². The molecule has 0 aromatic heterocycles. The fourth-order valence-electron chi connectivity index (χ4n) is 3.25. The van der Waals surface area contributed by atoms with Gasteiger partial charge in [-0.1, -0.05) is 35.9 Å². The quantitative estimate of drug-likeness (QED) is 0.940. The summed E-state index contributed by atoms with van der Waals surface area (Å²) in [5, 5.41) is 10.7. The van der Waals surface area contributed by atoms with Crippen LogP contribution >= 0.6 is 0 Å². The van der Waals surface area contributed by atoms with E-state index in [0.29, 0.717) is 12.2 Å². The van der Waals surface area contributed by atoms with Crippen LogP contribution in [0.15, 0.2) is 48.5 Å². The third kappa shape index (κ3) is 2.83. The number of nitrogens with zero attached hydrogens (tertiary/aromatic N) is 1. The minimum atomic E-state index is -0.769. The third-order valence-corrected chi connectivity index (χ3v) is 4.58. The maximum Gasteiger partial charge on any atom is 0.258 e. The molecule has 24 heavy (non-hydrogen) atoms. The summed E-state index contributed by atoms with van der Waals surface area (Å²) < 4.78 is 5.75. The summed E-state index contributed by atoms with van der Waals surface area (Å²) in [5.74, 6) is -0.107. The van der Waals surface area contributed by atoms with Crippen LogP contribution in [0.1, 0.15) is 41.4 Å². The van der Waals surface area contributed by atoms with Crippen molar-refractivity contribution < 1.29 is 14.6 Å². The van der Waals surface area contributed by atoms with Gasteiger partial charge in [0.2, 0.25) is 0 Å². The number of benzene rings is 2. The fraction of sp³-hybridized carbons (Fsp3) is 0.350. The Kier molecular flexibility index (Phi) is 4.69. The molecular formula is C20H23NO3. The van der Waals surface area contributed by atoms with Crippen molar-refractivity contribution in [1.29, 1.82) is 0 Å². The number of aliphatic hydroxyl groups is 1. The van der Waals surface area contributed by atoms with Crippen molar-refractivity contribution in [2.24, 2.45) is 0 Å². The van der Waals surface area contributed by atoms with Crippen LogP contribution in [0.5, 0.6) is 0 Å². The first-order chi connectivity index (χ1) is 11.5. The average Bonchev–Trinajstić information content (AvgIpc) is 2.59. The van der Waals surface area contributed by atoms with Crippen LogP contribution < -0.4 is 4.90 Å². The molecule has 0 fully saturated rings. The van der Waals surface area contributed by atoms with Gasteiger partial charge in [-0.2, -0.15) is 0 Å². The Hall–Kier alpha value is -2.17. The molecule has 0 saturated carbocycles. The van der Waals surface area contributed by atoms with Gasteiger partial charge in [0.1, 0.15) is 12.2 Å². The van der Waals surface area contributed by atoms with Crippen LogP contribution in [0, 0.1) is 6.92 Å². The smallest absolute Gasteiger partial charge is 0.258 e. The molecule has 2 aromatic carbocycles. The number of aryl methyl sites for hydroxylation is 1. The molecule has 1 heterocycles. The van der Waals surface area contributed by atoms with Crippen molar-refractivity contribution in [3.8, 4) is 0 Å². The number of carbonyl (C=O) groups excluding carboxylic acids is 1. The normalized spacial score (nSPS) is 23.0. The number of hydrogen-bond acceptors (Lipinski definition) is 3. The van der Waals surface area contributed by atoms with E-state index in [-0.39, 0.29) is 11.9 Å². The molecule has 1 aliphatic rings. The zero-order valence-corrected chi connectivity index (χ0v) is 14.3. The highest BCUT2D eigenvalue weighted by molar-refractivity contribution is 6.07. The molecule has 0 bridgehead atoms. The van der Waals surface area contributed by atoms with Crippen molar-refractivity contribution >= 4 is 11.6 Å². The first-order valence-electron chi connectivity index (χ1n) is 8.33. The molecule has 0 radical (unpaired) electrons. The van der Waals surface area contributed by atoms with E-state index in [0.717, 1.165) is 16.8 Å². The molecule has 0 aliphatic carbocycles. The highest BCUT2D eigenvalue weighted by atomic mass is 16.5. The lowest BCUT2D eigenvalue weighted by Crippen LogP contribution is -2.52. The predicted molar refractivity (Wildman–Crippen MR) is 94.3 cm³/mol. The first kappa shape index (κ1) is 16.7. The molecule has 0 saturated heterocycles.